The molecule has 0 radical (unpaired) electrons. The molecule has 1 aromatic carbocycles. The molecule has 9 heteroatoms. The van der Waals surface area contributed by atoms with Crippen LogP contribution in [-0.2, 0) is 11.8 Å². The fourth-order valence-electron chi connectivity index (χ4n) is 2.68. The molecule has 1 amide bonds. The fourth-order valence-corrected chi connectivity index (χ4v) is 2.68. The molecular weight excluding hydrogens is 377 g/mol. The van der Waals surface area contributed by atoms with Crippen molar-refractivity contribution in [2.45, 2.75) is 20.1 Å². The Morgan fingerprint density at radius 1 is 1.31 bits per heavy atom. The Morgan fingerprint density at radius 2 is 2.03 bits per heavy atom. The topological polar surface area (TPSA) is 96.8 Å². The lowest BCUT2D eigenvalue weighted by Gasteiger charge is -2.16. The Bertz CT molecular complexity index is 967. The molecule has 0 bridgehead atoms. The molecular formula is C20H26FN5O3. The van der Waals surface area contributed by atoms with Crippen LogP contribution in [0.3, 0.4) is 0 Å². The zero-order valence-electron chi connectivity index (χ0n) is 17.2. The van der Waals surface area contributed by atoms with Gasteiger partial charge in [0.1, 0.15) is 12.0 Å². The summed E-state index contributed by atoms with van der Waals surface area (Å²) in [5.41, 5.74) is 1.48. The number of aromatic nitrogens is 1. The van der Waals surface area contributed by atoms with Crippen LogP contribution in [0.4, 0.5) is 15.8 Å². The summed E-state index contributed by atoms with van der Waals surface area (Å²) in [7, 11) is 4.85. The Kier molecular flexibility index (Phi) is 7.63. The van der Waals surface area contributed by atoms with Crippen LogP contribution in [0.15, 0.2) is 34.1 Å². The van der Waals surface area contributed by atoms with Crippen LogP contribution in [0.1, 0.15) is 21.6 Å². The monoisotopic (exact) mass is 403 g/mol. The Morgan fingerprint density at radius 3 is 2.66 bits per heavy atom. The summed E-state index contributed by atoms with van der Waals surface area (Å²) in [5, 5.41) is 8.35. The molecule has 156 valence electrons. The van der Waals surface area contributed by atoms with Gasteiger partial charge in [0, 0.05) is 25.9 Å². The van der Waals surface area contributed by atoms with Gasteiger partial charge in [-0.25, -0.2) is 4.39 Å². The maximum atomic E-state index is 14.3. The van der Waals surface area contributed by atoms with Gasteiger partial charge in [-0.15, -0.1) is 0 Å². The van der Waals surface area contributed by atoms with E-state index in [1.54, 1.807) is 47.2 Å². The van der Waals surface area contributed by atoms with Crippen molar-refractivity contribution in [3.63, 3.8) is 0 Å². The van der Waals surface area contributed by atoms with Gasteiger partial charge in [0.25, 0.3) is 11.5 Å². The molecule has 2 aromatic rings. The number of benzene rings is 1. The molecule has 0 aliphatic rings. The number of nitrogens with one attached hydrogen (secondary N) is 3. The van der Waals surface area contributed by atoms with Crippen molar-refractivity contribution in [2.75, 3.05) is 26.0 Å². The highest BCUT2D eigenvalue weighted by Gasteiger charge is 2.18. The van der Waals surface area contributed by atoms with Crippen molar-refractivity contribution in [2.24, 2.45) is 12.0 Å². The van der Waals surface area contributed by atoms with Gasteiger partial charge in [0.2, 0.25) is 0 Å². The number of carbonyl (C=O) groups excluding carboxylic acids is 1. The summed E-state index contributed by atoms with van der Waals surface area (Å²) in [6, 6.07) is 5.93. The Labute approximate surface area is 168 Å². The van der Waals surface area contributed by atoms with E-state index in [1.165, 1.54) is 23.0 Å². The van der Waals surface area contributed by atoms with Gasteiger partial charge in [0.05, 0.1) is 29.8 Å². The van der Waals surface area contributed by atoms with Crippen molar-refractivity contribution in [1.29, 1.82) is 0 Å². The number of halogens is 1. The Balaban J connectivity index is 2.32. The molecule has 1 unspecified atom stereocenters. The first-order valence-corrected chi connectivity index (χ1v) is 9.01. The highest BCUT2D eigenvalue weighted by atomic mass is 19.1. The summed E-state index contributed by atoms with van der Waals surface area (Å²) in [6.07, 6.45) is 0.996. The van der Waals surface area contributed by atoms with E-state index in [-0.39, 0.29) is 28.7 Å². The number of aliphatic imine (C=N–C) groups is 1. The van der Waals surface area contributed by atoms with E-state index in [0.29, 0.717) is 12.2 Å². The first kappa shape index (κ1) is 22.3. The van der Waals surface area contributed by atoms with Crippen LogP contribution in [0.2, 0.25) is 0 Å². The quantitative estimate of drug-likeness (QED) is 0.355. The second-order valence-electron chi connectivity index (χ2n) is 6.50. The van der Waals surface area contributed by atoms with Crippen molar-refractivity contribution in [1.82, 2.24) is 15.2 Å². The van der Waals surface area contributed by atoms with Crippen molar-refractivity contribution in [3.8, 4) is 0 Å². The molecule has 3 N–H and O–H groups in total. The molecule has 8 nitrogen and oxygen atoms in total. The summed E-state index contributed by atoms with van der Waals surface area (Å²) in [4.78, 5) is 29.1. The number of amides is 1. The lowest BCUT2D eigenvalue weighted by molar-refractivity contribution is 0.0882. The number of pyridine rings is 1. The number of ether oxygens (including phenoxy) is 1. The van der Waals surface area contributed by atoms with E-state index in [2.05, 4.69) is 20.9 Å². The zero-order valence-corrected chi connectivity index (χ0v) is 17.2. The summed E-state index contributed by atoms with van der Waals surface area (Å²) < 4.78 is 20.7. The van der Waals surface area contributed by atoms with E-state index in [1.807, 2.05) is 0 Å². The van der Waals surface area contributed by atoms with Crippen molar-refractivity contribution in [3.05, 3.63) is 57.3 Å². The molecule has 0 spiro atoms. The lowest BCUT2D eigenvalue weighted by atomic mass is 10.1. The number of aryl methyl sites for hydroxylation is 1. The smallest absolute Gasteiger partial charge is 0.260 e. The molecule has 0 aliphatic heterocycles. The molecule has 0 saturated heterocycles. The molecule has 2 rings (SSSR count). The van der Waals surface area contributed by atoms with Crippen LogP contribution in [-0.4, -0.2) is 43.7 Å². The molecule has 1 heterocycles. The molecule has 1 aromatic heterocycles. The van der Waals surface area contributed by atoms with E-state index < -0.39 is 11.7 Å². The van der Waals surface area contributed by atoms with Gasteiger partial charge in [-0.3, -0.25) is 19.9 Å². The highest BCUT2D eigenvalue weighted by Crippen LogP contribution is 2.24. The second kappa shape index (κ2) is 9.94. The standard InChI is InChI=1S/C20H26FN5O3/c1-12-6-7-15(14(21)8-12)25-16-9-18(27)26(4)13(2)19(16)20(28)24-11-23-10-17(22-3)29-5/h6-9,11,17,22,25H,10H2,1-5H3,(H,23,24,28). The van der Waals surface area contributed by atoms with Crippen LogP contribution < -0.4 is 21.5 Å². The third-order valence-corrected chi connectivity index (χ3v) is 4.52. The van der Waals surface area contributed by atoms with E-state index in [9.17, 15) is 14.0 Å². The highest BCUT2D eigenvalue weighted by molar-refractivity contribution is 6.05. The first-order valence-electron chi connectivity index (χ1n) is 9.01. The number of methoxy groups -OCH3 is 1. The minimum absolute atomic E-state index is 0.169. The number of hydrogen-bond acceptors (Lipinski definition) is 6. The number of hydrogen-bond donors (Lipinski definition) is 3. The minimum Gasteiger partial charge on any atom is -0.365 e. The van der Waals surface area contributed by atoms with Crippen LogP contribution in [0.5, 0.6) is 0 Å². The fraction of sp³-hybridized carbons (Fsp3) is 0.350. The minimum atomic E-state index is -0.478. The van der Waals surface area contributed by atoms with Gasteiger partial charge in [-0.1, -0.05) is 6.07 Å². The molecule has 0 fully saturated rings. The Hall–Kier alpha value is -3.04. The average molecular weight is 403 g/mol. The first-order chi connectivity index (χ1) is 13.8. The molecule has 0 saturated carbocycles. The van der Waals surface area contributed by atoms with Crippen LogP contribution in [0, 0.1) is 19.7 Å². The normalized spacial score (nSPS) is 12.2. The van der Waals surface area contributed by atoms with Crippen LogP contribution in [0.25, 0.3) is 0 Å². The van der Waals surface area contributed by atoms with Crippen molar-refractivity contribution < 1.29 is 13.9 Å². The average Bonchev–Trinajstić information content (AvgIpc) is 2.68. The van der Waals surface area contributed by atoms with Gasteiger partial charge >= 0.3 is 0 Å². The third kappa shape index (κ3) is 5.49. The van der Waals surface area contributed by atoms with Crippen LogP contribution >= 0.6 is 0 Å². The van der Waals surface area contributed by atoms with E-state index >= 15 is 0 Å². The zero-order chi connectivity index (χ0) is 21.6. The van der Waals surface area contributed by atoms with Gasteiger partial charge < -0.3 is 19.9 Å². The van der Waals surface area contributed by atoms with E-state index in [0.717, 1.165) is 5.56 Å². The number of rotatable bonds is 8. The maximum Gasteiger partial charge on any atom is 0.260 e. The summed E-state index contributed by atoms with van der Waals surface area (Å²) in [5.74, 6) is -0.954. The molecule has 0 aliphatic carbocycles. The lowest BCUT2D eigenvalue weighted by Crippen LogP contribution is -2.31. The predicted octanol–water partition coefficient (Wildman–Crippen LogP) is 1.83. The molecule has 29 heavy (non-hydrogen) atoms. The third-order valence-electron chi connectivity index (χ3n) is 4.52. The second-order valence-corrected chi connectivity index (χ2v) is 6.50. The largest absolute Gasteiger partial charge is 0.365 e. The van der Waals surface area contributed by atoms with E-state index in [4.69, 9.17) is 4.74 Å². The van der Waals surface area contributed by atoms with Gasteiger partial charge in [-0.2, -0.15) is 0 Å². The van der Waals surface area contributed by atoms with Crippen molar-refractivity contribution >= 4 is 23.6 Å². The molecule has 1 atom stereocenters. The summed E-state index contributed by atoms with van der Waals surface area (Å²) >= 11 is 0. The number of carbonyl (C=O) groups is 1. The SMILES string of the molecule is CNC(CN=CNC(=O)c1c(Nc2ccc(C)cc2F)cc(=O)n(C)c1C)OC. The van der Waals surface area contributed by atoms with Gasteiger partial charge in [-0.05, 0) is 38.6 Å². The maximum absolute atomic E-state index is 14.3. The predicted molar refractivity (Wildman–Crippen MR) is 112 cm³/mol. The number of nitrogens with zero attached hydrogens (tertiary/aromatic N) is 2. The summed E-state index contributed by atoms with van der Waals surface area (Å²) in [6.45, 7) is 3.72. The van der Waals surface area contributed by atoms with Gasteiger partial charge in [0.15, 0.2) is 0 Å². The number of anilines is 2. The number of likely N-dealkylation sites (N-methyl/N-ethyl adjacent to an activating group) is 1.